The van der Waals surface area contributed by atoms with Crippen molar-refractivity contribution in [1.29, 1.82) is 0 Å². The Morgan fingerprint density at radius 2 is 1.71 bits per heavy atom. The van der Waals surface area contributed by atoms with Gasteiger partial charge in [-0.15, -0.1) is 0 Å². The Bertz CT molecular complexity index is 795. The molecule has 0 saturated carbocycles. The number of fused-ring (bicyclic) bond motifs is 1. The maximum Gasteiger partial charge on any atom is 0.221 e. The van der Waals surface area contributed by atoms with E-state index in [4.69, 9.17) is 4.42 Å². The molecule has 1 atom stereocenters. The molecule has 124 valence electrons. The van der Waals surface area contributed by atoms with Crippen molar-refractivity contribution in [2.24, 2.45) is 5.41 Å². The molecule has 0 aliphatic heterocycles. The average Bonchev–Trinajstić information content (AvgIpc) is 2.95. The number of para-hydroxylation sites is 1. The summed E-state index contributed by atoms with van der Waals surface area (Å²) in [5.74, 6) is 0.779. The smallest absolute Gasteiger partial charge is 0.221 e. The van der Waals surface area contributed by atoms with Crippen LogP contribution < -0.4 is 5.32 Å². The normalized spacial score (nSPS) is 13.0. The molecule has 3 aromatic rings. The summed E-state index contributed by atoms with van der Waals surface area (Å²) in [6, 6.07) is 19.5. The van der Waals surface area contributed by atoms with Gasteiger partial charge in [0.1, 0.15) is 17.4 Å². The average molecular weight is 321 g/mol. The molecule has 3 heteroatoms. The summed E-state index contributed by atoms with van der Waals surface area (Å²) in [5.41, 5.74) is 1.79. The molecule has 0 fully saturated rings. The maximum atomic E-state index is 12.5. The Hall–Kier alpha value is -2.55. The summed E-state index contributed by atoms with van der Waals surface area (Å²) in [5, 5.41) is 4.17. The molecule has 1 N–H and O–H groups in total. The number of carbonyl (C=O) groups is 1. The fourth-order valence-electron chi connectivity index (χ4n) is 2.80. The first kappa shape index (κ1) is 16.3. The lowest BCUT2D eigenvalue weighted by atomic mass is 9.91. The van der Waals surface area contributed by atoms with Crippen LogP contribution in [0.25, 0.3) is 11.0 Å². The zero-order valence-electron chi connectivity index (χ0n) is 14.4. The van der Waals surface area contributed by atoms with Gasteiger partial charge >= 0.3 is 0 Å². The zero-order chi connectivity index (χ0) is 17.2. The first-order valence-electron chi connectivity index (χ1n) is 8.25. The summed E-state index contributed by atoms with van der Waals surface area (Å²) < 4.78 is 6.00. The Morgan fingerprint density at radius 3 is 2.38 bits per heavy atom. The van der Waals surface area contributed by atoms with E-state index in [1.54, 1.807) is 0 Å². The van der Waals surface area contributed by atoms with Gasteiger partial charge in [-0.05, 0) is 23.1 Å². The summed E-state index contributed by atoms with van der Waals surface area (Å²) in [4.78, 5) is 12.5. The van der Waals surface area contributed by atoms with E-state index in [1.807, 2.05) is 60.7 Å². The molecule has 1 unspecified atom stereocenters. The van der Waals surface area contributed by atoms with Gasteiger partial charge in [0, 0.05) is 11.8 Å². The van der Waals surface area contributed by atoms with Crippen LogP contribution >= 0.6 is 0 Å². The third-order valence-corrected chi connectivity index (χ3v) is 3.86. The SMILES string of the molecule is CC(C)(C)CC(=O)NC(c1ccccc1)c1cc2ccccc2o1. The third-order valence-electron chi connectivity index (χ3n) is 3.86. The molecule has 3 rings (SSSR count). The van der Waals surface area contributed by atoms with Gasteiger partial charge in [-0.1, -0.05) is 69.3 Å². The van der Waals surface area contributed by atoms with Crippen LogP contribution in [-0.4, -0.2) is 5.91 Å². The second-order valence-electron chi connectivity index (χ2n) is 7.34. The van der Waals surface area contributed by atoms with Crippen molar-refractivity contribution in [3.8, 4) is 0 Å². The summed E-state index contributed by atoms with van der Waals surface area (Å²) >= 11 is 0. The second-order valence-corrected chi connectivity index (χ2v) is 7.34. The molecule has 1 amide bonds. The fraction of sp³-hybridized carbons (Fsp3) is 0.286. The van der Waals surface area contributed by atoms with Crippen LogP contribution in [-0.2, 0) is 4.79 Å². The molecule has 24 heavy (non-hydrogen) atoms. The highest BCUT2D eigenvalue weighted by Crippen LogP contribution is 2.29. The van der Waals surface area contributed by atoms with Crippen molar-refractivity contribution in [2.45, 2.75) is 33.2 Å². The van der Waals surface area contributed by atoms with E-state index in [1.165, 1.54) is 0 Å². The molecule has 0 aliphatic carbocycles. The number of carbonyl (C=O) groups excluding carboxylic acids is 1. The second kappa shape index (κ2) is 6.52. The van der Waals surface area contributed by atoms with Crippen LogP contribution in [0.15, 0.2) is 65.1 Å². The molecule has 0 radical (unpaired) electrons. The topological polar surface area (TPSA) is 42.2 Å². The molecule has 0 bridgehead atoms. The number of amides is 1. The molecule has 1 aromatic heterocycles. The summed E-state index contributed by atoms with van der Waals surface area (Å²) in [7, 11) is 0. The lowest BCUT2D eigenvalue weighted by Crippen LogP contribution is -2.31. The molecular formula is C21H23NO2. The van der Waals surface area contributed by atoms with Gasteiger partial charge in [0.2, 0.25) is 5.91 Å². The predicted octanol–water partition coefficient (Wildman–Crippen LogP) is 5.07. The van der Waals surface area contributed by atoms with Crippen molar-refractivity contribution >= 4 is 16.9 Å². The van der Waals surface area contributed by atoms with Gasteiger partial charge in [0.15, 0.2) is 0 Å². The Kier molecular flexibility index (Phi) is 4.43. The standard InChI is InChI=1S/C21H23NO2/c1-21(2,3)14-19(23)22-20(15-9-5-4-6-10-15)18-13-16-11-7-8-12-17(16)24-18/h4-13,20H,14H2,1-3H3,(H,22,23). The van der Waals surface area contributed by atoms with Crippen LogP contribution in [0.5, 0.6) is 0 Å². The van der Waals surface area contributed by atoms with Gasteiger partial charge in [0.05, 0.1) is 0 Å². The Balaban J connectivity index is 1.94. The van der Waals surface area contributed by atoms with E-state index in [2.05, 4.69) is 26.1 Å². The number of hydrogen-bond acceptors (Lipinski definition) is 2. The van der Waals surface area contributed by atoms with Gasteiger partial charge in [-0.2, -0.15) is 0 Å². The van der Waals surface area contributed by atoms with Crippen molar-refractivity contribution in [3.63, 3.8) is 0 Å². The summed E-state index contributed by atoms with van der Waals surface area (Å²) in [6.45, 7) is 6.18. The number of rotatable bonds is 4. The lowest BCUT2D eigenvalue weighted by Gasteiger charge is -2.21. The van der Waals surface area contributed by atoms with Crippen LogP contribution in [0, 0.1) is 5.41 Å². The van der Waals surface area contributed by atoms with Crippen LogP contribution in [0.3, 0.4) is 0 Å². The number of furan rings is 1. The van der Waals surface area contributed by atoms with E-state index in [0.29, 0.717) is 6.42 Å². The number of hydrogen-bond donors (Lipinski definition) is 1. The maximum absolute atomic E-state index is 12.5. The minimum atomic E-state index is -0.284. The predicted molar refractivity (Wildman–Crippen MR) is 96.7 cm³/mol. The van der Waals surface area contributed by atoms with E-state index < -0.39 is 0 Å². The van der Waals surface area contributed by atoms with Crippen molar-refractivity contribution in [1.82, 2.24) is 5.32 Å². The van der Waals surface area contributed by atoms with Crippen LogP contribution in [0.1, 0.15) is 44.6 Å². The van der Waals surface area contributed by atoms with E-state index in [9.17, 15) is 4.79 Å². The Morgan fingerprint density at radius 1 is 1.04 bits per heavy atom. The van der Waals surface area contributed by atoms with Gasteiger partial charge in [-0.3, -0.25) is 4.79 Å². The highest BCUT2D eigenvalue weighted by Gasteiger charge is 2.23. The first-order chi connectivity index (χ1) is 11.4. The minimum Gasteiger partial charge on any atom is -0.459 e. The van der Waals surface area contributed by atoms with Crippen LogP contribution in [0.2, 0.25) is 0 Å². The molecule has 3 nitrogen and oxygen atoms in total. The highest BCUT2D eigenvalue weighted by atomic mass is 16.3. The van der Waals surface area contributed by atoms with Crippen molar-refractivity contribution < 1.29 is 9.21 Å². The van der Waals surface area contributed by atoms with Gasteiger partial charge in [0.25, 0.3) is 0 Å². The molecular weight excluding hydrogens is 298 g/mol. The quantitative estimate of drug-likeness (QED) is 0.728. The van der Waals surface area contributed by atoms with Crippen molar-refractivity contribution in [3.05, 3.63) is 72.0 Å². The van der Waals surface area contributed by atoms with E-state index in [-0.39, 0.29) is 17.4 Å². The summed E-state index contributed by atoms with van der Waals surface area (Å²) in [6.07, 6.45) is 0.469. The number of benzene rings is 2. The minimum absolute atomic E-state index is 0.0248. The zero-order valence-corrected chi connectivity index (χ0v) is 14.4. The van der Waals surface area contributed by atoms with Crippen LogP contribution in [0.4, 0.5) is 0 Å². The monoisotopic (exact) mass is 321 g/mol. The van der Waals surface area contributed by atoms with Crippen molar-refractivity contribution in [2.75, 3.05) is 0 Å². The van der Waals surface area contributed by atoms with E-state index in [0.717, 1.165) is 22.3 Å². The molecule has 2 aromatic carbocycles. The van der Waals surface area contributed by atoms with E-state index >= 15 is 0 Å². The third kappa shape index (κ3) is 3.85. The largest absolute Gasteiger partial charge is 0.459 e. The lowest BCUT2D eigenvalue weighted by molar-refractivity contribution is -0.123. The van der Waals surface area contributed by atoms with Gasteiger partial charge < -0.3 is 9.73 Å². The highest BCUT2D eigenvalue weighted by molar-refractivity contribution is 5.80. The number of nitrogens with one attached hydrogen (secondary N) is 1. The molecule has 0 aliphatic rings. The van der Waals surface area contributed by atoms with Gasteiger partial charge in [-0.25, -0.2) is 0 Å². The first-order valence-corrected chi connectivity index (χ1v) is 8.25. The molecule has 1 heterocycles. The fourth-order valence-corrected chi connectivity index (χ4v) is 2.80. The Labute approximate surface area is 142 Å². The molecule has 0 spiro atoms. The molecule has 0 saturated heterocycles.